The fourth-order valence-corrected chi connectivity index (χ4v) is 8.63. The summed E-state index contributed by atoms with van der Waals surface area (Å²) in [6.45, 7) is 18.1. The Hall–Kier alpha value is -6.59. The monoisotopic (exact) mass is 877 g/mol. The number of nitrogens with zero attached hydrogens (tertiary/aromatic N) is 2. The molecule has 0 fully saturated rings. The maximum absolute atomic E-state index is 13.5. The van der Waals surface area contributed by atoms with Gasteiger partial charge in [0.15, 0.2) is 5.78 Å². The Morgan fingerprint density at radius 3 is 1.26 bits per heavy atom. The van der Waals surface area contributed by atoms with Crippen molar-refractivity contribution in [3.8, 4) is 17.2 Å². The van der Waals surface area contributed by atoms with Gasteiger partial charge in [-0.1, -0.05) is 115 Å². The van der Waals surface area contributed by atoms with Crippen LogP contribution in [0.2, 0.25) is 0 Å². The van der Waals surface area contributed by atoms with Crippen LogP contribution in [0.25, 0.3) is 0 Å². The summed E-state index contributed by atoms with van der Waals surface area (Å²) in [5.74, 6) is 2.25. The maximum atomic E-state index is 13.5. The smallest absolute Gasteiger partial charge is 0.193 e. The highest BCUT2D eigenvalue weighted by molar-refractivity contribution is 6.09. The minimum absolute atomic E-state index is 0.00666. The molecular weight excluding hydrogens is 809 g/mol. The van der Waals surface area contributed by atoms with Gasteiger partial charge in [-0.2, -0.15) is 0 Å². The molecule has 5 heteroatoms. The molecule has 0 saturated carbocycles. The SMILES string of the molecule is CCCCC(C)(CC)c1ccc(C(=O)c2ccc(Oc3ccc(N(c4ccccc4)c4ccc(N(c5ccccc5)c5ccc(OC(C)(C)CCCC(C)(C)C)cc5)cc4)cc3)cc2)cc1. The van der Waals surface area contributed by atoms with Gasteiger partial charge < -0.3 is 19.3 Å². The largest absolute Gasteiger partial charge is 0.488 e. The fraction of sp³-hybridized carbons (Fsp3) is 0.295. The van der Waals surface area contributed by atoms with E-state index in [1.165, 1.54) is 24.8 Å². The predicted molar refractivity (Wildman–Crippen MR) is 277 cm³/mol. The lowest BCUT2D eigenvalue weighted by Crippen LogP contribution is -2.28. The molecule has 0 heterocycles. The molecule has 5 nitrogen and oxygen atoms in total. The molecule has 0 saturated heterocycles. The number of benzene rings is 7. The standard InChI is InChI=1S/C61H68N2O3/c1-9-11-45-61(8,10-2)48-27-23-46(24-28-48)58(64)47-25-37-55(38-26-47)65-56-39-33-53(34-40-56)62(49-19-14-12-15-20-49)51-29-31-52(32-30-51)63(50-21-16-13-17-22-50)54-35-41-57(42-36-54)66-60(6,7)44-18-43-59(3,4)5/h12-17,19-42H,9-11,18,43-45H2,1-8H3. The summed E-state index contributed by atoms with van der Waals surface area (Å²) in [7, 11) is 0. The van der Waals surface area contributed by atoms with Gasteiger partial charge in [0, 0.05) is 45.3 Å². The van der Waals surface area contributed by atoms with Crippen LogP contribution < -0.4 is 19.3 Å². The van der Waals surface area contributed by atoms with Gasteiger partial charge in [-0.25, -0.2) is 0 Å². The second-order valence-electron chi connectivity index (χ2n) is 19.7. The first-order valence-corrected chi connectivity index (χ1v) is 23.9. The summed E-state index contributed by atoms with van der Waals surface area (Å²) in [5, 5.41) is 0. The van der Waals surface area contributed by atoms with Crippen LogP contribution in [0.3, 0.4) is 0 Å². The van der Waals surface area contributed by atoms with Gasteiger partial charge in [-0.3, -0.25) is 4.79 Å². The van der Waals surface area contributed by atoms with Crippen molar-refractivity contribution in [2.24, 2.45) is 5.41 Å². The molecule has 1 atom stereocenters. The highest BCUT2D eigenvalue weighted by Gasteiger charge is 2.25. The summed E-state index contributed by atoms with van der Waals surface area (Å²) in [4.78, 5) is 18.0. The van der Waals surface area contributed by atoms with Crippen LogP contribution in [0, 0.1) is 5.41 Å². The molecule has 7 aromatic carbocycles. The number of hydrogen-bond acceptors (Lipinski definition) is 5. The lowest BCUT2D eigenvalue weighted by molar-refractivity contribution is 0.0928. The Morgan fingerprint density at radius 2 is 0.833 bits per heavy atom. The molecule has 0 aliphatic heterocycles. The average Bonchev–Trinajstić information content (AvgIpc) is 3.32. The lowest BCUT2D eigenvalue weighted by atomic mass is 9.76. The Bertz CT molecular complexity index is 2580. The molecule has 0 aliphatic rings. The summed E-state index contributed by atoms with van der Waals surface area (Å²) in [5.41, 5.74) is 9.04. The molecule has 340 valence electrons. The number of hydrogen-bond donors (Lipinski definition) is 0. The van der Waals surface area contributed by atoms with E-state index in [0.717, 1.165) is 65.6 Å². The van der Waals surface area contributed by atoms with Crippen LogP contribution in [-0.4, -0.2) is 11.4 Å². The topological polar surface area (TPSA) is 42.0 Å². The third kappa shape index (κ3) is 12.2. The van der Waals surface area contributed by atoms with Gasteiger partial charge in [-0.15, -0.1) is 0 Å². The summed E-state index contributed by atoms with van der Waals surface area (Å²) < 4.78 is 12.8. The van der Waals surface area contributed by atoms with Gasteiger partial charge in [0.2, 0.25) is 0 Å². The first-order chi connectivity index (χ1) is 31.7. The number of para-hydroxylation sites is 2. The number of rotatable bonds is 20. The maximum Gasteiger partial charge on any atom is 0.193 e. The first-order valence-electron chi connectivity index (χ1n) is 23.9. The summed E-state index contributed by atoms with van der Waals surface area (Å²) in [6.07, 6.45) is 7.90. The molecule has 7 aromatic rings. The Balaban J connectivity index is 1.06. The van der Waals surface area contributed by atoms with Crippen LogP contribution in [-0.2, 0) is 5.41 Å². The van der Waals surface area contributed by atoms with Crippen LogP contribution in [0.5, 0.6) is 17.2 Å². The van der Waals surface area contributed by atoms with Crippen molar-refractivity contribution < 1.29 is 14.3 Å². The van der Waals surface area contributed by atoms with Crippen molar-refractivity contribution in [1.29, 1.82) is 0 Å². The number of carbonyl (C=O) groups excluding carboxylic acids is 1. The highest BCUT2D eigenvalue weighted by atomic mass is 16.5. The normalized spacial score (nSPS) is 12.5. The van der Waals surface area contributed by atoms with E-state index < -0.39 is 0 Å². The molecule has 66 heavy (non-hydrogen) atoms. The molecule has 0 aliphatic carbocycles. The third-order valence-corrected chi connectivity index (χ3v) is 12.7. The molecule has 0 N–H and O–H groups in total. The molecule has 7 rings (SSSR count). The number of anilines is 6. The fourth-order valence-electron chi connectivity index (χ4n) is 8.63. The number of unbranched alkanes of at least 4 members (excludes halogenated alkanes) is 1. The molecular formula is C61H68N2O3. The predicted octanol–water partition coefficient (Wildman–Crippen LogP) is 17.9. The molecule has 0 bridgehead atoms. The van der Waals surface area contributed by atoms with Gasteiger partial charge in [0.05, 0.1) is 0 Å². The molecule has 1 unspecified atom stereocenters. The van der Waals surface area contributed by atoms with Crippen molar-refractivity contribution in [2.45, 2.75) is 111 Å². The number of ketones is 1. The van der Waals surface area contributed by atoms with Gasteiger partial charge in [-0.05, 0) is 184 Å². The molecule has 0 amide bonds. The average molecular weight is 877 g/mol. The van der Waals surface area contributed by atoms with E-state index in [4.69, 9.17) is 9.47 Å². The lowest BCUT2D eigenvalue weighted by Gasteiger charge is -2.30. The minimum atomic E-state index is -0.256. The Labute approximate surface area is 395 Å². The van der Waals surface area contributed by atoms with Crippen LogP contribution in [0.15, 0.2) is 182 Å². The zero-order chi connectivity index (χ0) is 46.7. The second-order valence-corrected chi connectivity index (χ2v) is 19.7. The van der Waals surface area contributed by atoms with Crippen LogP contribution in [0.4, 0.5) is 34.1 Å². The van der Waals surface area contributed by atoms with Crippen molar-refractivity contribution >= 4 is 39.9 Å². The van der Waals surface area contributed by atoms with Crippen molar-refractivity contribution in [1.82, 2.24) is 0 Å². The molecule has 0 radical (unpaired) electrons. The van der Waals surface area contributed by atoms with Crippen LogP contribution >= 0.6 is 0 Å². The van der Waals surface area contributed by atoms with Crippen molar-refractivity contribution in [2.75, 3.05) is 9.80 Å². The van der Waals surface area contributed by atoms with Gasteiger partial charge >= 0.3 is 0 Å². The molecule has 0 spiro atoms. The third-order valence-electron chi connectivity index (χ3n) is 12.7. The van der Waals surface area contributed by atoms with E-state index in [1.807, 2.05) is 60.7 Å². The van der Waals surface area contributed by atoms with Crippen LogP contribution in [0.1, 0.15) is 122 Å². The highest BCUT2D eigenvalue weighted by Crippen LogP contribution is 2.41. The Morgan fingerprint density at radius 1 is 0.439 bits per heavy atom. The van der Waals surface area contributed by atoms with Crippen molar-refractivity contribution in [3.63, 3.8) is 0 Å². The number of carbonyl (C=O) groups is 1. The van der Waals surface area contributed by atoms with Gasteiger partial charge in [0.1, 0.15) is 22.8 Å². The number of ether oxygens (including phenoxy) is 2. The van der Waals surface area contributed by atoms with E-state index in [0.29, 0.717) is 28.0 Å². The van der Waals surface area contributed by atoms with E-state index >= 15 is 0 Å². The quantitative estimate of drug-likeness (QED) is 0.0714. The Kier molecular flexibility index (Phi) is 15.2. The zero-order valence-corrected chi connectivity index (χ0v) is 40.4. The van der Waals surface area contributed by atoms with E-state index in [9.17, 15) is 4.79 Å². The van der Waals surface area contributed by atoms with E-state index in [2.05, 4.69) is 187 Å². The zero-order valence-electron chi connectivity index (χ0n) is 40.4. The second kappa shape index (κ2) is 21.1. The molecule has 0 aromatic heterocycles. The summed E-state index contributed by atoms with van der Waals surface area (Å²) in [6, 6.07) is 61.8. The van der Waals surface area contributed by atoms with E-state index in [1.54, 1.807) is 0 Å². The first kappa shape index (κ1) is 47.4. The minimum Gasteiger partial charge on any atom is -0.488 e. The van der Waals surface area contributed by atoms with Gasteiger partial charge in [0.25, 0.3) is 0 Å². The summed E-state index contributed by atoms with van der Waals surface area (Å²) >= 11 is 0. The van der Waals surface area contributed by atoms with E-state index in [-0.39, 0.29) is 16.8 Å². The van der Waals surface area contributed by atoms with Crippen molar-refractivity contribution in [3.05, 3.63) is 199 Å².